The molecule has 2 saturated carbocycles. The first kappa shape index (κ1) is 18.8. The number of piperazine rings is 1. The highest BCUT2D eigenvalue weighted by Crippen LogP contribution is 2.34. The van der Waals surface area contributed by atoms with Crippen molar-refractivity contribution in [3.8, 4) is 6.07 Å². The predicted octanol–water partition coefficient (Wildman–Crippen LogP) is 2.37. The summed E-state index contributed by atoms with van der Waals surface area (Å²) >= 11 is 0. The van der Waals surface area contributed by atoms with Crippen molar-refractivity contribution in [2.24, 2.45) is 5.92 Å². The number of nitriles is 1. The minimum atomic E-state index is -0.480. The second-order valence-electron chi connectivity index (χ2n) is 9.40. The summed E-state index contributed by atoms with van der Waals surface area (Å²) in [4.78, 5) is 4.89. The van der Waals surface area contributed by atoms with Gasteiger partial charge in [-0.3, -0.25) is 9.30 Å². The smallest absolute Gasteiger partial charge is 0.180 e. The molecule has 0 aromatic carbocycles. The summed E-state index contributed by atoms with van der Waals surface area (Å²) in [5.74, 6) is 1.72. The highest BCUT2D eigenvalue weighted by molar-refractivity contribution is 5.71. The lowest BCUT2D eigenvalue weighted by Crippen LogP contribution is -2.52. The molecule has 0 atom stereocenters. The predicted molar refractivity (Wildman–Crippen MR) is 111 cm³/mol. The van der Waals surface area contributed by atoms with Crippen LogP contribution in [0.5, 0.6) is 0 Å². The van der Waals surface area contributed by atoms with Gasteiger partial charge in [0.1, 0.15) is 17.5 Å². The molecule has 3 fully saturated rings. The number of hydrogen-bond donors (Lipinski definition) is 1. The molecule has 29 heavy (non-hydrogen) atoms. The lowest BCUT2D eigenvalue weighted by molar-refractivity contribution is -0.00609. The van der Waals surface area contributed by atoms with Gasteiger partial charge in [0.25, 0.3) is 0 Å². The van der Waals surface area contributed by atoms with Crippen molar-refractivity contribution >= 4 is 11.3 Å². The van der Waals surface area contributed by atoms with Crippen LogP contribution in [-0.2, 0) is 6.42 Å². The van der Waals surface area contributed by atoms with Crippen molar-refractivity contribution in [2.75, 3.05) is 31.1 Å². The third-order valence-corrected chi connectivity index (χ3v) is 7.11. The fourth-order valence-electron chi connectivity index (χ4n) is 5.00. The van der Waals surface area contributed by atoms with E-state index < -0.39 is 5.60 Å². The van der Waals surface area contributed by atoms with E-state index in [-0.39, 0.29) is 0 Å². The van der Waals surface area contributed by atoms with E-state index in [2.05, 4.69) is 32.1 Å². The topological polar surface area (TPSA) is 80.7 Å². The molecule has 0 bridgehead atoms. The van der Waals surface area contributed by atoms with Crippen LogP contribution in [0.4, 0.5) is 5.69 Å². The monoisotopic (exact) mass is 394 g/mol. The maximum atomic E-state index is 10.2. The Bertz CT molecular complexity index is 923. The minimum Gasteiger partial charge on any atom is -0.390 e. The van der Waals surface area contributed by atoms with Crippen LogP contribution in [0.25, 0.3) is 5.65 Å². The Morgan fingerprint density at radius 2 is 1.86 bits per heavy atom. The van der Waals surface area contributed by atoms with E-state index in [1.165, 1.54) is 12.8 Å². The first-order valence-electron chi connectivity index (χ1n) is 11.0. The minimum absolute atomic E-state index is 0.480. The number of aliphatic hydroxyl groups is 1. The van der Waals surface area contributed by atoms with Gasteiger partial charge in [-0.25, -0.2) is 0 Å². The normalized spacial score (nSPS) is 28.6. The first-order valence-corrected chi connectivity index (χ1v) is 11.0. The fourth-order valence-corrected chi connectivity index (χ4v) is 5.00. The highest BCUT2D eigenvalue weighted by Gasteiger charge is 2.33. The third kappa shape index (κ3) is 3.72. The number of fused-ring (bicyclic) bond motifs is 1. The largest absolute Gasteiger partial charge is 0.390 e. The number of pyridine rings is 1. The molecule has 0 spiro atoms. The van der Waals surface area contributed by atoms with Gasteiger partial charge in [-0.2, -0.15) is 5.26 Å². The second kappa shape index (κ2) is 7.26. The Kier molecular flexibility index (Phi) is 4.72. The third-order valence-electron chi connectivity index (χ3n) is 7.11. The SMILES string of the molecule is C[C@]1(O)CC[C@H](N2CCN(c3ccn4c(CC5CC5)nnc4c3C#N)CC2)CC1. The molecular weight excluding hydrogens is 364 g/mol. The van der Waals surface area contributed by atoms with E-state index in [0.717, 1.165) is 75.7 Å². The molecule has 3 heterocycles. The van der Waals surface area contributed by atoms with Gasteiger partial charge in [0.05, 0.1) is 11.3 Å². The summed E-state index contributed by atoms with van der Waals surface area (Å²) in [7, 11) is 0. The Morgan fingerprint density at radius 1 is 1.14 bits per heavy atom. The number of rotatable bonds is 4. The van der Waals surface area contributed by atoms with E-state index in [1.54, 1.807) is 0 Å². The Morgan fingerprint density at radius 3 is 2.52 bits per heavy atom. The van der Waals surface area contributed by atoms with Crippen LogP contribution in [0.15, 0.2) is 12.3 Å². The molecule has 2 aromatic heterocycles. The summed E-state index contributed by atoms with van der Waals surface area (Å²) in [6, 6.07) is 5.04. The number of hydrogen-bond acceptors (Lipinski definition) is 6. The number of aromatic nitrogens is 3. The maximum absolute atomic E-state index is 10.2. The van der Waals surface area contributed by atoms with Gasteiger partial charge in [0, 0.05) is 44.8 Å². The van der Waals surface area contributed by atoms with Gasteiger partial charge in [-0.15, -0.1) is 10.2 Å². The van der Waals surface area contributed by atoms with Crippen LogP contribution >= 0.6 is 0 Å². The van der Waals surface area contributed by atoms with Crippen molar-refractivity contribution in [1.82, 2.24) is 19.5 Å². The Balaban J connectivity index is 1.30. The van der Waals surface area contributed by atoms with E-state index in [9.17, 15) is 10.4 Å². The summed E-state index contributed by atoms with van der Waals surface area (Å²) < 4.78 is 2.00. The standard InChI is InChI=1S/C22H30N6O/c1-22(29)7-4-17(5-8-22)26-10-12-27(13-11-26)19-6-9-28-20(14-16-2-3-16)24-25-21(28)18(19)15-23/h6,9,16-17,29H,2-5,7-8,10-14H2,1H3/t17-,22-. The first-order chi connectivity index (χ1) is 14.0. The molecule has 0 radical (unpaired) electrons. The number of nitrogens with zero attached hydrogens (tertiary/aromatic N) is 6. The fraction of sp³-hybridized carbons (Fsp3) is 0.682. The van der Waals surface area contributed by atoms with Crippen LogP contribution in [0, 0.1) is 17.2 Å². The average Bonchev–Trinajstić information content (AvgIpc) is 3.46. The molecular formula is C22H30N6O. The molecule has 3 aliphatic rings. The van der Waals surface area contributed by atoms with Gasteiger partial charge in [-0.05, 0) is 57.4 Å². The molecule has 5 rings (SSSR count). The molecule has 2 aliphatic carbocycles. The molecule has 0 unspecified atom stereocenters. The summed E-state index contributed by atoms with van der Waals surface area (Å²) in [5.41, 5.74) is 1.84. The zero-order valence-electron chi connectivity index (χ0n) is 17.2. The zero-order chi connectivity index (χ0) is 20.0. The summed E-state index contributed by atoms with van der Waals surface area (Å²) in [5, 5.41) is 28.8. The van der Waals surface area contributed by atoms with Gasteiger partial charge in [0.2, 0.25) is 0 Å². The molecule has 1 saturated heterocycles. The van der Waals surface area contributed by atoms with Crippen LogP contribution in [0.1, 0.15) is 56.8 Å². The number of anilines is 1. The van der Waals surface area contributed by atoms with Crippen molar-refractivity contribution in [1.29, 1.82) is 5.26 Å². The van der Waals surface area contributed by atoms with E-state index in [0.29, 0.717) is 17.3 Å². The summed E-state index contributed by atoms with van der Waals surface area (Å²) in [6.45, 7) is 5.80. The maximum Gasteiger partial charge on any atom is 0.180 e. The van der Waals surface area contributed by atoms with E-state index >= 15 is 0 Å². The summed E-state index contributed by atoms with van der Waals surface area (Å²) in [6.07, 6.45) is 9.49. The van der Waals surface area contributed by atoms with Gasteiger partial charge >= 0.3 is 0 Å². The van der Waals surface area contributed by atoms with Crippen molar-refractivity contribution in [2.45, 2.75) is 63.5 Å². The molecule has 7 nitrogen and oxygen atoms in total. The Labute approximate surface area is 171 Å². The van der Waals surface area contributed by atoms with Crippen molar-refractivity contribution in [3.63, 3.8) is 0 Å². The van der Waals surface area contributed by atoms with E-state index in [1.807, 2.05) is 17.5 Å². The molecule has 0 amide bonds. The quantitative estimate of drug-likeness (QED) is 0.858. The molecule has 154 valence electrons. The lowest BCUT2D eigenvalue weighted by atomic mass is 9.83. The van der Waals surface area contributed by atoms with Crippen molar-refractivity contribution < 1.29 is 5.11 Å². The lowest BCUT2D eigenvalue weighted by Gasteiger charge is -2.44. The van der Waals surface area contributed by atoms with Gasteiger partial charge in [-0.1, -0.05) is 0 Å². The molecule has 1 N–H and O–H groups in total. The molecule has 1 aliphatic heterocycles. The molecule has 7 heteroatoms. The van der Waals surface area contributed by atoms with Crippen LogP contribution in [0.2, 0.25) is 0 Å². The van der Waals surface area contributed by atoms with Gasteiger partial charge < -0.3 is 10.0 Å². The Hall–Kier alpha value is -2.17. The van der Waals surface area contributed by atoms with Crippen LogP contribution in [-0.4, -0.2) is 62.4 Å². The second-order valence-corrected chi connectivity index (χ2v) is 9.40. The van der Waals surface area contributed by atoms with Crippen molar-refractivity contribution in [3.05, 3.63) is 23.7 Å². The average molecular weight is 395 g/mol. The van der Waals surface area contributed by atoms with Gasteiger partial charge in [0.15, 0.2) is 5.65 Å². The van der Waals surface area contributed by atoms with Crippen LogP contribution < -0.4 is 4.90 Å². The van der Waals surface area contributed by atoms with E-state index in [4.69, 9.17) is 0 Å². The zero-order valence-corrected chi connectivity index (χ0v) is 17.2. The highest BCUT2D eigenvalue weighted by atomic mass is 16.3. The molecule has 2 aromatic rings. The van der Waals surface area contributed by atoms with Crippen LogP contribution in [0.3, 0.4) is 0 Å².